The van der Waals surface area contributed by atoms with Crippen molar-refractivity contribution in [1.82, 2.24) is 0 Å². The normalized spacial score (nSPS) is 16.0. The predicted molar refractivity (Wildman–Crippen MR) is 14.7 cm³/mol. The molecule has 0 atom stereocenters. The quantitative estimate of drug-likeness (QED) is 0.380. The van der Waals surface area contributed by atoms with Gasteiger partial charge in [-0.1, -0.05) is 0 Å². The summed E-state index contributed by atoms with van der Waals surface area (Å²) in [6, 6.07) is 1.22. The Bertz CT molecular complexity index is 76.5. The summed E-state index contributed by atoms with van der Waals surface area (Å²) in [4.78, 5) is 0. The van der Waals surface area contributed by atoms with E-state index in [1.54, 1.807) is 0 Å². The second-order valence-electron chi connectivity index (χ2n) is 0.256. The molecule has 0 aliphatic heterocycles. The molecule has 2 heteroatoms. The van der Waals surface area contributed by atoms with Crippen LogP contribution >= 0.6 is 0 Å². The minimum Gasteiger partial charge on any atom is -0.318 e. The highest BCUT2D eigenvalue weighted by Gasteiger charge is 1.48. The van der Waals surface area contributed by atoms with Crippen LogP contribution in [0.15, 0.2) is 0 Å². The summed E-state index contributed by atoms with van der Waals surface area (Å²) in [5, 5.41) is 7.65. The van der Waals surface area contributed by atoms with Gasteiger partial charge in [0.05, 0.1) is 15.3 Å². The minimum absolute atomic E-state index is 1.22. The van der Waals surface area contributed by atoms with Crippen molar-refractivity contribution in [3.63, 3.8) is 0 Å². The van der Waals surface area contributed by atoms with Gasteiger partial charge in [0.2, 0.25) is 0 Å². The van der Waals surface area contributed by atoms with E-state index in [-0.39, 0.29) is 0 Å². The average molecular weight is 58.1 g/mol. The number of rotatable bonds is 0. The first kappa shape index (κ1) is 1.05. The van der Waals surface area contributed by atoms with E-state index in [0.29, 0.717) is 0 Å². The van der Waals surface area contributed by atoms with Gasteiger partial charge in [-0.2, -0.15) is 5.26 Å². The maximum absolute atomic E-state index is 7.65. The average Bonchev–Trinajstić information content (AvgIpc) is 1.35. The van der Waals surface area contributed by atoms with Crippen LogP contribution in [-0.4, -0.2) is 6.50 Å². The number of nitrogens with zero attached hydrogens (tertiary/aromatic N) is 1. The molecule has 0 fully saturated rings. The Morgan fingerprint density at radius 2 is 2.75 bits per heavy atom. The summed E-state index contributed by atoms with van der Waals surface area (Å²) < 4.78 is 12.5. The van der Waals surface area contributed by atoms with Crippen molar-refractivity contribution in [2.75, 3.05) is 6.50 Å². The van der Waals surface area contributed by atoms with Crippen LogP contribution in [0.4, 0.5) is 0 Å². The van der Waals surface area contributed by atoms with Crippen molar-refractivity contribution in [3.8, 4) is 6.07 Å². The second-order valence-corrected chi connectivity index (χ2v) is 0.256. The van der Waals surface area contributed by atoms with Crippen LogP contribution in [0.2, 0.25) is 0 Å². The fraction of sp³-hybridized carbons (Fsp3) is 0.500. The summed E-state index contributed by atoms with van der Waals surface area (Å²) in [6.45, 7) is -2.15. The molecule has 0 heterocycles. The SMILES string of the molecule is [2H]C([2H])(N)C#N. The molecule has 0 amide bonds. The van der Waals surface area contributed by atoms with Crippen molar-refractivity contribution in [1.29, 1.82) is 5.26 Å². The molecule has 4 heavy (non-hydrogen) atoms. The van der Waals surface area contributed by atoms with Gasteiger partial charge in [0.25, 0.3) is 0 Å². The van der Waals surface area contributed by atoms with Crippen molar-refractivity contribution >= 4 is 0 Å². The molecule has 0 saturated carbocycles. The third-order valence-corrected chi connectivity index (χ3v) is 0.0645. The van der Waals surface area contributed by atoms with Crippen LogP contribution in [0.5, 0.6) is 0 Å². The van der Waals surface area contributed by atoms with E-state index in [0.717, 1.165) is 0 Å². The Kier molecular flexibility index (Phi) is 0.641. The lowest BCUT2D eigenvalue weighted by molar-refractivity contribution is 1.25. The smallest absolute Gasteiger partial charge is 0.0815 e. The molecule has 0 aromatic rings. The highest BCUT2D eigenvalue weighted by Crippen LogP contribution is 1.25. The van der Waals surface area contributed by atoms with Crippen LogP contribution in [0.3, 0.4) is 0 Å². The Labute approximate surface area is 27.6 Å². The van der Waals surface area contributed by atoms with Crippen molar-refractivity contribution in [2.24, 2.45) is 5.73 Å². The minimum atomic E-state index is -2.15. The van der Waals surface area contributed by atoms with Crippen LogP contribution in [-0.2, 0) is 0 Å². The summed E-state index contributed by atoms with van der Waals surface area (Å²) in [5.74, 6) is 0. The van der Waals surface area contributed by atoms with Gasteiger partial charge in [0.1, 0.15) is 0 Å². The van der Waals surface area contributed by atoms with Crippen molar-refractivity contribution < 1.29 is 2.74 Å². The third kappa shape index (κ3) is 1.45. The molecular weight excluding hydrogens is 52.0 g/mol. The van der Waals surface area contributed by atoms with E-state index >= 15 is 0 Å². The molecule has 0 saturated heterocycles. The fourth-order valence-electron chi connectivity index (χ4n) is 0. The molecule has 0 aromatic heterocycles. The molecular formula is C2H4N2. The summed E-state index contributed by atoms with van der Waals surface area (Å²) >= 11 is 0. The third-order valence-electron chi connectivity index (χ3n) is 0.0645. The molecule has 0 aliphatic rings. The number of nitrogens with two attached hydrogens (primary N) is 1. The molecule has 2 nitrogen and oxygen atoms in total. The molecule has 0 radical (unpaired) electrons. The molecule has 0 unspecified atom stereocenters. The molecule has 0 bridgehead atoms. The van der Waals surface area contributed by atoms with Gasteiger partial charge in [-0.3, -0.25) is 0 Å². The second kappa shape index (κ2) is 2.45. The standard InChI is InChI=1S/C2H4N2/c3-1-2-4/h1,3H2/i1D2. The van der Waals surface area contributed by atoms with E-state index in [1.165, 1.54) is 6.07 Å². The van der Waals surface area contributed by atoms with Crippen molar-refractivity contribution in [2.45, 2.75) is 0 Å². The van der Waals surface area contributed by atoms with Gasteiger partial charge in [-0.05, 0) is 0 Å². The van der Waals surface area contributed by atoms with Gasteiger partial charge < -0.3 is 5.73 Å². The molecule has 0 spiro atoms. The largest absolute Gasteiger partial charge is 0.318 e. The topological polar surface area (TPSA) is 49.8 Å². The molecule has 2 N–H and O–H groups in total. The predicted octanol–water partition coefficient (Wildman–Crippen LogP) is -0.531. The first-order valence-electron chi connectivity index (χ1n) is 1.76. The number of nitriles is 1. The Morgan fingerprint density at radius 3 is 2.75 bits per heavy atom. The zero-order valence-corrected chi connectivity index (χ0v) is 2.02. The summed E-state index contributed by atoms with van der Waals surface area (Å²) in [5.41, 5.74) is 4.51. The monoisotopic (exact) mass is 58.1 g/mol. The van der Waals surface area contributed by atoms with Crippen LogP contribution in [0.1, 0.15) is 2.74 Å². The van der Waals surface area contributed by atoms with Gasteiger partial charge in [0, 0.05) is 0 Å². The lowest BCUT2D eigenvalue weighted by Gasteiger charge is -1.51. The van der Waals surface area contributed by atoms with E-state index in [2.05, 4.69) is 5.73 Å². The lowest BCUT2D eigenvalue weighted by Crippen LogP contribution is -1.91. The Hall–Kier alpha value is -0.550. The van der Waals surface area contributed by atoms with Gasteiger partial charge in [0.15, 0.2) is 0 Å². The lowest BCUT2D eigenvalue weighted by atomic mass is 10.8. The summed E-state index contributed by atoms with van der Waals surface area (Å²) in [6.07, 6.45) is 0. The fourth-order valence-corrected chi connectivity index (χ4v) is 0. The van der Waals surface area contributed by atoms with E-state index in [1.807, 2.05) is 0 Å². The highest BCUT2D eigenvalue weighted by atomic mass is 14.5. The zero-order chi connectivity index (χ0) is 5.21. The Morgan fingerprint density at radius 1 is 2.50 bits per heavy atom. The van der Waals surface area contributed by atoms with Crippen LogP contribution < -0.4 is 5.73 Å². The first-order valence-corrected chi connectivity index (χ1v) is 0.762. The van der Waals surface area contributed by atoms with Gasteiger partial charge >= 0.3 is 0 Å². The van der Waals surface area contributed by atoms with Gasteiger partial charge in [-0.15, -0.1) is 0 Å². The van der Waals surface area contributed by atoms with E-state index in [9.17, 15) is 0 Å². The highest BCUT2D eigenvalue weighted by molar-refractivity contribution is 4.67. The number of hydrogen-bond donors (Lipinski definition) is 1. The molecule has 0 rings (SSSR count). The summed E-state index contributed by atoms with van der Waals surface area (Å²) in [7, 11) is 0. The molecule has 0 aliphatic carbocycles. The number of hydrogen-bond acceptors (Lipinski definition) is 2. The van der Waals surface area contributed by atoms with Gasteiger partial charge in [-0.25, -0.2) is 0 Å². The van der Waals surface area contributed by atoms with Crippen molar-refractivity contribution in [3.05, 3.63) is 0 Å². The van der Waals surface area contributed by atoms with E-state index in [4.69, 9.17) is 8.00 Å². The van der Waals surface area contributed by atoms with Crippen LogP contribution in [0.25, 0.3) is 0 Å². The maximum atomic E-state index is 7.65. The molecule has 22 valence electrons. The van der Waals surface area contributed by atoms with Crippen LogP contribution in [0, 0.1) is 11.3 Å². The maximum Gasteiger partial charge on any atom is 0.0815 e. The Balaban J connectivity index is 3.55. The molecule has 0 aromatic carbocycles. The zero-order valence-electron chi connectivity index (χ0n) is 4.02. The van der Waals surface area contributed by atoms with E-state index < -0.39 is 6.50 Å². The first-order chi connectivity index (χ1) is 2.56.